The van der Waals surface area contributed by atoms with Crippen LogP contribution in [0.2, 0.25) is 0 Å². The largest absolute Gasteiger partial charge is 0.331 e. The van der Waals surface area contributed by atoms with Gasteiger partial charge in [-0.15, -0.1) is 0 Å². The van der Waals surface area contributed by atoms with Crippen LogP contribution in [0.1, 0.15) is 45.7 Å². The summed E-state index contributed by atoms with van der Waals surface area (Å²) in [5.74, 6) is 0. The molecule has 0 unspecified atom stereocenters. The van der Waals surface area contributed by atoms with Crippen molar-refractivity contribution in [1.29, 1.82) is 0 Å². The van der Waals surface area contributed by atoms with Crippen molar-refractivity contribution in [2.75, 3.05) is 9.80 Å². The second kappa shape index (κ2) is 12.8. The van der Waals surface area contributed by atoms with Crippen LogP contribution in [-0.4, -0.2) is 0 Å². The van der Waals surface area contributed by atoms with Gasteiger partial charge in [-0.1, -0.05) is 148 Å². The number of anilines is 5. The fourth-order valence-corrected chi connectivity index (χ4v) is 7.57. The first-order valence-corrected chi connectivity index (χ1v) is 17.9. The number of rotatable bonds is 7. The van der Waals surface area contributed by atoms with Crippen molar-refractivity contribution >= 4 is 60.8 Å². The Morgan fingerprint density at radius 2 is 0.824 bits per heavy atom. The molecule has 0 saturated carbocycles. The molecule has 2 heteroatoms. The van der Waals surface area contributed by atoms with E-state index in [-0.39, 0.29) is 11.0 Å². The molecule has 0 atom stereocenters. The Morgan fingerprint density at radius 3 is 1.45 bits per heavy atom. The number of fused-ring (bicyclic) bond motifs is 3. The van der Waals surface area contributed by atoms with Crippen molar-refractivity contribution in [2.24, 2.45) is 0 Å². The molecule has 0 N–H and O–H groups in total. The molecular weight excluding hydrogens is 617 g/mol. The Hall–Kier alpha value is -5.86. The van der Waals surface area contributed by atoms with E-state index in [4.69, 9.17) is 0 Å². The summed E-state index contributed by atoms with van der Waals surface area (Å²) in [6, 6.07) is 64.3. The summed E-state index contributed by atoms with van der Waals surface area (Å²) in [5.41, 5.74) is 8.04. The first-order valence-electron chi connectivity index (χ1n) is 17.9. The van der Waals surface area contributed by atoms with Gasteiger partial charge in [0.2, 0.25) is 0 Å². The molecule has 8 aromatic rings. The molecule has 51 heavy (non-hydrogen) atoms. The molecule has 0 heterocycles. The van der Waals surface area contributed by atoms with E-state index in [1.54, 1.807) is 0 Å². The van der Waals surface area contributed by atoms with Gasteiger partial charge in [0.25, 0.3) is 0 Å². The van der Waals surface area contributed by atoms with Gasteiger partial charge in [-0.3, -0.25) is 0 Å². The lowest BCUT2D eigenvalue weighted by molar-refractivity contribution is 0.534. The van der Waals surface area contributed by atoms with Crippen LogP contribution in [0.15, 0.2) is 176 Å². The molecule has 0 aliphatic rings. The molecule has 2 nitrogen and oxygen atoms in total. The van der Waals surface area contributed by atoms with E-state index in [2.05, 4.69) is 220 Å². The van der Waals surface area contributed by atoms with E-state index < -0.39 is 0 Å². The quantitative estimate of drug-likeness (QED) is 0.168. The third-order valence-corrected chi connectivity index (χ3v) is 10.4. The molecule has 0 aromatic heterocycles. The summed E-state index contributed by atoms with van der Waals surface area (Å²) in [5, 5.41) is 7.36. The number of hydrogen-bond acceptors (Lipinski definition) is 2. The summed E-state index contributed by atoms with van der Waals surface area (Å²) in [6.45, 7) is 11.5. The second-order valence-corrected chi connectivity index (χ2v) is 15.1. The van der Waals surface area contributed by atoms with Crippen molar-refractivity contribution in [3.8, 4) is 0 Å². The van der Waals surface area contributed by atoms with Crippen molar-refractivity contribution in [3.05, 3.63) is 187 Å². The number of nitrogens with zero attached hydrogens (tertiary/aromatic N) is 2. The summed E-state index contributed by atoms with van der Waals surface area (Å²) in [6.07, 6.45) is 0. The third-order valence-electron chi connectivity index (χ3n) is 10.4. The molecule has 0 amide bonds. The third kappa shape index (κ3) is 6.02. The highest BCUT2D eigenvalue weighted by Crippen LogP contribution is 2.45. The minimum Gasteiger partial charge on any atom is -0.331 e. The Morgan fingerprint density at radius 1 is 0.353 bits per heavy atom. The zero-order valence-electron chi connectivity index (χ0n) is 30.1. The van der Waals surface area contributed by atoms with Crippen LogP contribution < -0.4 is 9.80 Å². The maximum absolute atomic E-state index is 2.52. The Labute approximate surface area is 302 Å². The average Bonchev–Trinajstić information content (AvgIpc) is 3.15. The van der Waals surface area contributed by atoms with Crippen molar-refractivity contribution in [3.63, 3.8) is 0 Å². The van der Waals surface area contributed by atoms with Crippen LogP contribution in [0.5, 0.6) is 0 Å². The fourth-order valence-electron chi connectivity index (χ4n) is 7.57. The predicted octanol–water partition coefficient (Wildman–Crippen LogP) is 14.0. The Kier molecular flexibility index (Phi) is 8.11. The lowest BCUT2D eigenvalue weighted by atomic mass is 9.83. The van der Waals surface area contributed by atoms with Crippen LogP contribution in [-0.2, 0) is 11.0 Å². The smallest absolute Gasteiger partial charge is 0.0646 e. The van der Waals surface area contributed by atoms with Gasteiger partial charge in [-0.25, -0.2) is 0 Å². The molecule has 0 spiro atoms. The summed E-state index contributed by atoms with van der Waals surface area (Å²) in [4.78, 5) is 4.92. The molecular formula is C49H44N2. The molecule has 0 aliphatic heterocycles. The number of hydrogen-bond donors (Lipinski definition) is 0. The van der Waals surface area contributed by atoms with Crippen molar-refractivity contribution in [2.45, 2.75) is 45.6 Å². The molecule has 0 saturated heterocycles. The molecule has 0 bridgehead atoms. The van der Waals surface area contributed by atoms with Crippen LogP contribution in [0.4, 0.5) is 28.4 Å². The van der Waals surface area contributed by atoms with Crippen molar-refractivity contribution < 1.29 is 0 Å². The van der Waals surface area contributed by atoms with Gasteiger partial charge in [-0.05, 0) is 100 Å². The minimum atomic E-state index is -0.365. The van der Waals surface area contributed by atoms with E-state index in [0.29, 0.717) is 0 Å². The van der Waals surface area contributed by atoms with Gasteiger partial charge in [0.15, 0.2) is 0 Å². The van der Waals surface area contributed by atoms with E-state index in [0.717, 1.165) is 22.7 Å². The summed E-state index contributed by atoms with van der Waals surface area (Å²) < 4.78 is 0. The molecule has 250 valence electrons. The number of benzene rings is 8. The SMILES string of the molecule is CC(C)(C)c1ccc(C(C)(C)N(c2ccc(N(c3ccc4ccccc4c3)c3cccc4ccccc34)cc2)c2cccc3ccccc23)cc1. The highest BCUT2D eigenvalue weighted by Gasteiger charge is 2.32. The predicted molar refractivity (Wildman–Crippen MR) is 220 cm³/mol. The molecule has 0 fully saturated rings. The van der Waals surface area contributed by atoms with Crippen LogP contribution in [0.25, 0.3) is 32.3 Å². The summed E-state index contributed by atoms with van der Waals surface area (Å²) in [7, 11) is 0. The minimum absolute atomic E-state index is 0.0921. The van der Waals surface area contributed by atoms with Gasteiger partial charge in [-0.2, -0.15) is 0 Å². The zero-order valence-corrected chi connectivity index (χ0v) is 30.1. The van der Waals surface area contributed by atoms with Crippen LogP contribution in [0, 0.1) is 0 Å². The van der Waals surface area contributed by atoms with Gasteiger partial charge in [0.1, 0.15) is 0 Å². The second-order valence-electron chi connectivity index (χ2n) is 15.1. The molecule has 8 aromatic carbocycles. The Balaban J connectivity index is 1.29. The maximum atomic E-state index is 2.52. The first kappa shape index (κ1) is 32.4. The van der Waals surface area contributed by atoms with E-state index >= 15 is 0 Å². The van der Waals surface area contributed by atoms with Gasteiger partial charge in [0.05, 0.1) is 11.2 Å². The highest BCUT2D eigenvalue weighted by atomic mass is 15.2. The zero-order chi connectivity index (χ0) is 35.2. The Bertz CT molecular complexity index is 2470. The average molecular weight is 661 g/mol. The lowest BCUT2D eigenvalue weighted by Crippen LogP contribution is -2.38. The molecule has 0 radical (unpaired) electrons. The topological polar surface area (TPSA) is 6.48 Å². The fraction of sp³-hybridized carbons (Fsp3) is 0.143. The molecule has 8 rings (SSSR count). The normalized spacial score (nSPS) is 12.0. The van der Waals surface area contributed by atoms with Crippen molar-refractivity contribution in [1.82, 2.24) is 0 Å². The first-order chi connectivity index (χ1) is 24.7. The maximum Gasteiger partial charge on any atom is 0.0646 e. The van der Waals surface area contributed by atoms with Gasteiger partial charge >= 0.3 is 0 Å². The standard InChI is InChI=1S/C49H44N2/c1-48(2,3)39-25-27-40(28-26-39)49(4,5)51(47-23-13-19-37-16-9-11-21-45(37)47)42-32-30-41(31-33-42)50(43-29-24-35-14-6-7-17-38(35)34-43)46-22-12-18-36-15-8-10-20-44(36)46/h6-34H,1-5H3. The summed E-state index contributed by atoms with van der Waals surface area (Å²) >= 11 is 0. The lowest BCUT2D eigenvalue weighted by Gasteiger charge is -2.42. The van der Waals surface area contributed by atoms with Gasteiger partial charge < -0.3 is 9.80 Å². The van der Waals surface area contributed by atoms with E-state index in [1.807, 2.05) is 0 Å². The monoisotopic (exact) mass is 660 g/mol. The van der Waals surface area contributed by atoms with Crippen LogP contribution >= 0.6 is 0 Å². The van der Waals surface area contributed by atoms with E-state index in [1.165, 1.54) is 49.1 Å². The van der Waals surface area contributed by atoms with Gasteiger partial charge in [0, 0.05) is 33.5 Å². The van der Waals surface area contributed by atoms with E-state index in [9.17, 15) is 0 Å². The highest BCUT2D eigenvalue weighted by molar-refractivity contribution is 6.01. The van der Waals surface area contributed by atoms with Crippen LogP contribution in [0.3, 0.4) is 0 Å². The molecule has 0 aliphatic carbocycles.